The first-order valence-electron chi connectivity index (χ1n) is 12.0. The number of nitrogens with zero attached hydrogens (tertiary/aromatic N) is 1. The van der Waals surface area contributed by atoms with E-state index in [1.54, 1.807) is 58.6 Å². The minimum Gasteiger partial charge on any atom is -0.494 e. The van der Waals surface area contributed by atoms with Crippen LogP contribution in [0.15, 0.2) is 48.5 Å². The van der Waals surface area contributed by atoms with E-state index in [0.717, 1.165) is 18.4 Å². The number of Topliss-reactive ketones (excluding diaryl/α,β-unsaturated/α-hetero) is 1. The summed E-state index contributed by atoms with van der Waals surface area (Å²) >= 11 is 0. The minimum atomic E-state index is -0.829. The smallest absolute Gasteiger partial charge is 0.163 e. The molecule has 1 fully saturated rings. The van der Waals surface area contributed by atoms with E-state index in [2.05, 4.69) is 0 Å². The summed E-state index contributed by atoms with van der Waals surface area (Å²) in [5.74, 6) is 1.47. The molecule has 4 rings (SSSR count). The van der Waals surface area contributed by atoms with E-state index >= 15 is 0 Å². The van der Waals surface area contributed by atoms with Gasteiger partial charge in [-0.05, 0) is 87.2 Å². The second-order valence-corrected chi connectivity index (χ2v) is 9.25. The van der Waals surface area contributed by atoms with Crippen molar-refractivity contribution in [2.24, 2.45) is 0 Å². The van der Waals surface area contributed by atoms with Gasteiger partial charge in [0.25, 0.3) is 0 Å². The lowest BCUT2D eigenvalue weighted by molar-refractivity contribution is -0.00973. The summed E-state index contributed by atoms with van der Waals surface area (Å²) in [7, 11) is 4.74. The first-order valence-corrected chi connectivity index (χ1v) is 12.0. The molecule has 7 heteroatoms. The van der Waals surface area contributed by atoms with Crippen LogP contribution in [0.2, 0.25) is 0 Å². The zero-order chi connectivity index (χ0) is 25.9. The number of ketones is 1. The molecule has 1 unspecified atom stereocenters. The summed E-state index contributed by atoms with van der Waals surface area (Å²) < 4.78 is 36.5. The van der Waals surface area contributed by atoms with Crippen molar-refractivity contribution < 1.29 is 28.1 Å². The van der Waals surface area contributed by atoms with Gasteiger partial charge < -0.3 is 18.9 Å². The lowest BCUT2D eigenvalue weighted by atomic mass is 9.91. The van der Waals surface area contributed by atoms with E-state index in [1.807, 2.05) is 19.1 Å². The number of benzene rings is 2. The van der Waals surface area contributed by atoms with E-state index < -0.39 is 5.60 Å². The third-order valence-corrected chi connectivity index (χ3v) is 6.63. The number of rotatable bonds is 11. The molecule has 190 valence electrons. The van der Waals surface area contributed by atoms with E-state index in [4.69, 9.17) is 23.9 Å². The Kier molecular flexibility index (Phi) is 7.59. The molecule has 1 aliphatic rings. The molecular formula is C29H32FNO5. The number of methoxy groups -OCH3 is 3. The zero-order valence-corrected chi connectivity index (χ0v) is 21.4. The van der Waals surface area contributed by atoms with Crippen molar-refractivity contribution in [1.82, 2.24) is 4.98 Å². The van der Waals surface area contributed by atoms with Gasteiger partial charge in [-0.2, -0.15) is 0 Å². The summed E-state index contributed by atoms with van der Waals surface area (Å²) in [5.41, 5.74) is 2.22. The molecule has 1 aromatic heterocycles. The summed E-state index contributed by atoms with van der Waals surface area (Å²) in [5, 5.41) is 0. The van der Waals surface area contributed by atoms with Crippen molar-refractivity contribution in [1.29, 1.82) is 0 Å². The number of aryl methyl sites for hydroxylation is 1. The number of hydrogen-bond acceptors (Lipinski definition) is 6. The van der Waals surface area contributed by atoms with Gasteiger partial charge in [-0.15, -0.1) is 0 Å². The molecule has 0 amide bonds. The van der Waals surface area contributed by atoms with Crippen LogP contribution in [0, 0.1) is 12.7 Å². The van der Waals surface area contributed by atoms with Gasteiger partial charge in [0.15, 0.2) is 17.3 Å². The highest BCUT2D eigenvalue weighted by atomic mass is 19.1. The lowest BCUT2D eigenvalue weighted by Crippen LogP contribution is -2.27. The Morgan fingerprint density at radius 1 is 1.00 bits per heavy atom. The fourth-order valence-corrected chi connectivity index (χ4v) is 4.04. The Bertz CT molecular complexity index is 1260. The molecule has 0 radical (unpaired) electrons. The molecular weight excluding hydrogens is 461 g/mol. The van der Waals surface area contributed by atoms with Crippen LogP contribution in [0.5, 0.6) is 17.2 Å². The SMILES string of the molecule is COc1cc(C(=O)CCC(C)(OC)c2ccc(OC)c(-c3ccc(F)c(C)c3)n2)ccc1OC1CC1. The van der Waals surface area contributed by atoms with Gasteiger partial charge in [-0.25, -0.2) is 9.37 Å². The number of ether oxygens (including phenoxy) is 4. The Morgan fingerprint density at radius 3 is 2.36 bits per heavy atom. The monoisotopic (exact) mass is 493 g/mol. The molecule has 0 spiro atoms. The number of pyridine rings is 1. The highest BCUT2D eigenvalue weighted by Crippen LogP contribution is 2.37. The van der Waals surface area contributed by atoms with Crippen molar-refractivity contribution in [3.05, 3.63) is 71.2 Å². The quantitative estimate of drug-likeness (QED) is 0.293. The molecule has 6 nitrogen and oxygen atoms in total. The third-order valence-electron chi connectivity index (χ3n) is 6.63. The molecule has 0 N–H and O–H groups in total. The Balaban J connectivity index is 1.55. The van der Waals surface area contributed by atoms with Crippen molar-refractivity contribution in [3.63, 3.8) is 0 Å². The summed E-state index contributed by atoms with van der Waals surface area (Å²) in [4.78, 5) is 17.9. The van der Waals surface area contributed by atoms with Crippen LogP contribution in [0.25, 0.3) is 11.3 Å². The maximum absolute atomic E-state index is 13.8. The van der Waals surface area contributed by atoms with Crippen LogP contribution >= 0.6 is 0 Å². The summed E-state index contributed by atoms with van der Waals surface area (Å²) in [6, 6.07) is 13.8. The standard InChI is InChI=1S/C29H32FNO5/c1-18-16-20(6-10-22(18)30)28-25(33-3)12-13-27(31-28)29(2,35-5)15-14-23(32)19-7-11-24(26(17-19)34-4)36-21-8-9-21/h6-7,10-13,16-17,21H,8-9,14-15H2,1-5H3. The van der Waals surface area contributed by atoms with Gasteiger partial charge in [0.05, 0.1) is 26.0 Å². The first-order chi connectivity index (χ1) is 17.3. The summed E-state index contributed by atoms with van der Waals surface area (Å²) in [6.07, 6.45) is 2.98. The van der Waals surface area contributed by atoms with E-state index in [9.17, 15) is 9.18 Å². The molecule has 3 aromatic rings. The fourth-order valence-electron chi connectivity index (χ4n) is 4.04. The second-order valence-electron chi connectivity index (χ2n) is 9.25. The number of carbonyl (C=O) groups excluding carboxylic acids is 1. The average molecular weight is 494 g/mol. The predicted molar refractivity (Wildman–Crippen MR) is 135 cm³/mol. The van der Waals surface area contributed by atoms with E-state index in [1.165, 1.54) is 6.07 Å². The van der Waals surface area contributed by atoms with E-state index in [-0.39, 0.29) is 24.1 Å². The van der Waals surface area contributed by atoms with Crippen LogP contribution in [0.3, 0.4) is 0 Å². The lowest BCUT2D eigenvalue weighted by Gasteiger charge is -2.28. The van der Waals surface area contributed by atoms with Gasteiger partial charge >= 0.3 is 0 Å². The number of carbonyl (C=O) groups is 1. The molecule has 0 saturated heterocycles. The molecule has 1 heterocycles. The van der Waals surface area contributed by atoms with Crippen LogP contribution < -0.4 is 14.2 Å². The van der Waals surface area contributed by atoms with Gasteiger partial charge in [-0.3, -0.25) is 4.79 Å². The largest absolute Gasteiger partial charge is 0.494 e. The molecule has 0 aliphatic heterocycles. The minimum absolute atomic E-state index is 0.0301. The maximum atomic E-state index is 13.8. The third kappa shape index (κ3) is 5.51. The van der Waals surface area contributed by atoms with Crippen molar-refractivity contribution in [2.75, 3.05) is 21.3 Å². The Morgan fingerprint density at radius 2 is 1.72 bits per heavy atom. The molecule has 0 bridgehead atoms. The van der Waals surface area contributed by atoms with Crippen molar-refractivity contribution >= 4 is 5.78 Å². The molecule has 1 aliphatic carbocycles. The van der Waals surface area contributed by atoms with Crippen LogP contribution in [-0.4, -0.2) is 38.2 Å². The van der Waals surface area contributed by atoms with Gasteiger partial charge in [-0.1, -0.05) is 0 Å². The predicted octanol–water partition coefficient (Wildman–Crippen LogP) is 6.28. The molecule has 2 aromatic carbocycles. The van der Waals surface area contributed by atoms with Gasteiger partial charge in [0.2, 0.25) is 0 Å². The Hall–Kier alpha value is -3.45. The molecule has 36 heavy (non-hydrogen) atoms. The van der Waals surface area contributed by atoms with Crippen LogP contribution in [0.1, 0.15) is 54.2 Å². The maximum Gasteiger partial charge on any atom is 0.163 e. The van der Waals surface area contributed by atoms with Crippen LogP contribution in [0.4, 0.5) is 4.39 Å². The number of halogens is 1. The second kappa shape index (κ2) is 10.7. The normalized spacial score (nSPS) is 14.7. The highest BCUT2D eigenvalue weighted by molar-refractivity contribution is 5.96. The van der Waals surface area contributed by atoms with E-state index in [0.29, 0.717) is 46.2 Å². The summed E-state index contributed by atoms with van der Waals surface area (Å²) in [6.45, 7) is 3.61. The van der Waals surface area contributed by atoms with Crippen molar-refractivity contribution in [3.8, 4) is 28.5 Å². The highest BCUT2D eigenvalue weighted by Gasteiger charge is 2.30. The van der Waals surface area contributed by atoms with Gasteiger partial charge in [0.1, 0.15) is 22.9 Å². The van der Waals surface area contributed by atoms with Crippen molar-refractivity contribution in [2.45, 2.75) is 51.2 Å². The molecule has 1 saturated carbocycles. The van der Waals surface area contributed by atoms with Crippen LogP contribution in [-0.2, 0) is 10.3 Å². The fraction of sp³-hybridized carbons (Fsp3) is 0.379. The Labute approximate surface area is 211 Å². The topological polar surface area (TPSA) is 66.9 Å². The average Bonchev–Trinajstić information content (AvgIpc) is 3.72. The van der Waals surface area contributed by atoms with Gasteiger partial charge in [0, 0.05) is 24.7 Å². The molecule has 1 atom stereocenters. The first kappa shape index (κ1) is 25.6. The number of hydrogen-bond donors (Lipinski definition) is 0. The zero-order valence-electron chi connectivity index (χ0n) is 21.4. The number of aromatic nitrogens is 1.